The van der Waals surface area contributed by atoms with Crippen LogP contribution in [0.15, 0.2) is 48.5 Å². The number of amides is 1. The monoisotopic (exact) mass is 467 g/mol. The van der Waals surface area contributed by atoms with Gasteiger partial charge in [0.25, 0.3) is 0 Å². The number of aromatic nitrogens is 1. The molecule has 1 saturated heterocycles. The number of hydrogen-bond acceptors (Lipinski definition) is 5. The van der Waals surface area contributed by atoms with Gasteiger partial charge in [0, 0.05) is 32.4 Å². The fourth-order valence-corrected chi connectivity index (χ4v) is 4.00. The van der Waals surface area contributed by atoms with Crippen LogP contribution in [0.1, 0.15) is 34.5 Å². The number of ether oxygens (including phenoxy) is 1. The normalized spacial score (nSPS) is 13.7. The SMILES string of the molecule is CNc1ccc(Cl)nc1CC(=O)NCC1CCOCC1.Cc1ccc(C=O)c2ccccc12. The number of rotatable bonds is 6. The van der Waals surface area contributed by atoms with Gasteiger partial charge in [0.05, 0.1) is 17.8 Å². The number of nitrogens with zero attached hydrogens (tertiary/aromatic N) is 1. The summed E-state index contributed by atoms with van der Waals surface area (Å²) in [6, 6.07) is 15.3. The van der Waals surface area contributed by atoms with Gasteiger partial charge < -0.3 is 15.4 Å². The van der Waals surface area contributed by atoms with Crippen molar-refractivity contribution in [1.82, 2.24) is 10.3 Å². The van der Waals surface area contributed by atoms with Crippen LogP contribution in [0, 0.1) is 12.8 Å². The molecule has 0 atom stereocenters. The molecule has 7 heteroatoms. The Morgan fingerprint density at radius 2 is 1.85 bits per heavy atom. The first-order valence-electron chi connectivity index (χ1n) is 11.1. The number of nitrogens with one attached hydrogen (secondary N) is 2. The first-order valence-corrected chi connectivity index (χ1v) is 11.5. The van der Waals surface area contributed by atoms with Gasteiger partial charge in [-0.1, -0.05) is 48.0 Å². The summed E-state index contributed by atoms with van der Waals surface area (Å²) in [5.74, 6) is 0.492. The van der Waals surface area contributed by atoms with E-state index in [9.17, 15) is 9.59 Å². The Bertz CT molecular complexity index is 1100. The maximum absolute atomic E-state index is 12.0. The molecule has 1 amide bonds. The fourth-order valence-electron chi connectivity index (χ4n) is 3.84. The molecule has 6 nitrogen and oxygen atoms in total. The first kappa shape index (κ1) is 24.7. The molecule has 0 radical (unpaired) electrons. The van der Waals surface area contributed by atoms with E-state index >= 15 is 0 Å². The maximum atomic E-state index is 12.0. The molecule has 0 saturated carbocycles. The second-order valence-corrected chi connectivity index (χ2v) is 8.44. The minimum absolute atomic E-state index is 0.0252. The third-order valence-electron chi connectivity index (χ3n) is 5.77. The average molecular weight is 468 g/mol. The molecule has 0 bridgehead atoms. The van der Waals surface area contributed by atoms with Crippen molar-refractivity contribution in [3.63, 3.8) is 0 Å². The van der Waals surface area contributed by atoms with E-state index in [0.29, 0.717) is 23.3 Å². The Morgan fingerprint density at radius 1 is 1.12 bits per heavy atom. The molecule has 2 aromatic carbocycles. The van der Waals surface area contributed by atoms with Crippen LogP contribution in [-0.2, 0) is 16.0 Å². The van der Waals surface area contributed by atoms with Crippen molar-refractivity contribution in [3.8, 4) is 0 Å². The number of hydrogen-bond donors (Lipinski definition) is 2. The molecule has 1 aromatic heterocycles. The smallest absolute Gasteiger partial charge is 0.226 e. The Labute approximate surface area is 199 Å². The number of anilines is 1. The lowest BCUT2D eigenvalue weighted by Crippen LogP contribution is -2.33. The number of pyridine rings is 1. The van der Waals surface area contributed by atoms with Crippen molar-refractivity contribution in [3.05, 3.63) is 70.5 Å². The van der Waals surface area contributed by atoms with Gasteiger partial charge in [-0.05, 0) is 54.2 Å². The molecule has 0 aliphatic carbocycles. The molecule has 2 N–H and O–H groups in total. The van der Waals surface area contributed by atoms with Crippen LogP contribution >= 0.6 is 11.6 Å². The van der Waals surface area contributed by atoms with Gasteiger partial charge in [-0.3, -0.25) is 9.59 Å². The van der Waals surface area contributed by atoms with E-state index in [-0.39, 0.29) is 12.3 Å². The molecule has 0 unspecified atom stereocenters. The molecule has 0 spiro atoms. The van der Waals surface area contributed by atoms with E-state index in [0.717, 1.165) is 54.4 Å². The second kappa shape index (κ2) is 12.3. The quantitative estimate of drug-likeness (QED) is 0.401. The number of aldehydes is 1. The van der Waals surface area contributed by atoms with Crippen molar-refractivity contribution < 1.29 is 14.3 Å². The van der Waals surface area contributed by atoms with Crippen LogP contribution < -0.4 is 10.6 Å². The zero-order valence-electron chi connectivity index (χ0n) is 19.1. The molecule has 174 valence electrons. The lowest BCUT2D eigenvalue weighted by atomic mass is 10.0. The Kier molecular flexibility index (Phi) is 9.22. The Hall–Kier alpha value is -2.96. The topological polar surface area (TPSA) is 80.3 Å². The van der Waals surface area contributed by atoms with Crippen LogP contribution in [0.4, 0.5) is 5.69 Å². The predicted octanol–water partition coefficient (Wildman–Crippen LogP) is 4.82. The van der Waals surface area contributed by atoms with Crippen molar-refractivity contribution >= 4 is 40.3 Å². The maximum Gasteiger partial charge on any atom is 0.226 e. The largest absolute Gasteiger partial charge is 0.387 e. The van der Waals surface area contributed by atoms with Crippen molar-refractivity contribution in [1.29, 1.82) is 0 Å². The summed E-state index contributed by atoms with van der Waals surface area (Å²) >= 11 is 5.87. The van der Waals surface area contributed by atoms with Gasteiger partial charge in [0.15, 0.2) is 6.29 Å². The highest BCUT2D eigenvalue weighted by Gasteiger charge is 2.16. The summed E-state index contributed by atoms with van der Waals surface area (Å²) in [5, 5.41) is 8.58. The third-order valence-corrected chi connectivity index (χ3v) is 5.98. The molecular formula is C26H30ClN3O3. The lowest BCUT2D eigenvalue weighted by molar-refractivity contribution is -0.120. The molecular weight excluding hydrogens is 438 g/mol. The highest BCUT2D eigenvalue weighted by molar-refractivity contribution is 6.29. The summed E-state index contributed by atoms with van der Waals surface area (Å²) in [5.41, 5.74) is 3.47. The number of fused-ring (bicyclic) bond motifs is 1. The standard InChI is InChI=1S/C14H20ClN3O2.C12H10O/c1-16-11-2-3-13(15)18-12(11)8-14(19)17-9-10-4-6-20-7-5-10;1-9-6-7-10(8-13)12-5-3-2-4-11(9)12/h2-3,10,16H,4-9H2,1H3,(H,17,19);2-8H,1H3. The molecule has 1 fully saturated rings. The summed E-state index contributed by atoms with van der Waals surface area (Å²) in [4.78, 5) is 26.9. The van der Waals surface area contributed by atoms with E-state index < -0.39 is 0 Å². The summed E-state index contributed by atoms with van der Waals surface area (Å²) in [7, 11) is 1.80. The van der Waals surface area contributed by atoms with E-state index in [1.165, 1.54) is 5.56 Å². The molecule has 1 aliphatic heterocycles. The molecule has 4 rings (SSSR count). The van der Waals surface area contributed by atoms with Gasteiger partial charge in [-0.25, -0.2) is 4.98 Å². The number of aryl methyl sites for hydroxylation is 1. The van der Waals surface area contributed by atoms with Gasteiger partial charge in [-0.15, -0.1) is 0 Å². The van der Waals surface area contributed by atoms with Crippen LogP contribution in [-0.4, -0.2) is 44.0 Å². The van der Waals surface area contributed by atoms with Crippen LogP contribution in [0.25, 0.3) is 10.8 Å². The minimum Gasteiger partial charge on any atom is -0.387 e. The van der Waals surface area contributed by atoms with Gasteiger partial charge in [0.1, 0.15) is 5.15 Å². The van der Waals surface area contributed by atoms with Gasteiger partial charge in [0.2, 0.25) is 5.91 Å². The third kappa shape index (κ3) is 7.01. The predicted molar refractivity (Wildman–Crippen MR) is 133 cm³/mol. The lowest BCUT2D eigenvalue weighted by Gasteiger charge is -2.22. The Morgan fingerprint density at radius 3 is 2.55 bits per heavy atom. The summed E-state index contributed by atoms with van der Waals surface area (Å²) in [6.45, 7) is 4.34. The molecule has 2 heterocycles. The van der Waals surface area contributed by atoms with Crippen LogP contribution in [0.3, 0.4) is 0 Å². The van der Waals surface area contributed by atoms with Crippen molar-refractivity contribution in [2.75, 3.05) is 32.1 Å². The molecule has 3 aromatic rings. The Balaban J connectivity index is 0.000000203. The first-order chi connectivity index (χ1) is 16.0. The zero-order valence-corrected chi connectivity index (χ0v) is 19.8. The van der Waals surface area contributed by atoms with Gasteiger partial charge >= 0.3 is 0 Å². The molecule has 33 heavy (non-hydrogen) atoms. The highest BCUT2D eigenvalue weighted by atomic mass is 35.5. The van der Waals surface area contributed by atoms with Crippen molar-refractivity contribution in [2.45, 2.75) is 26.2 Å². The van der Waals surface area contributed by atoms with Gasteiger partial charge in [-0.2, -0.15) is 0 Å². The van der Waals surface area contributed by atoms with E-state index in [1.54, 1.807) is 13.1 Å². The second-order valence-electron chi connectivity index (χ2n) is 8.05. The highest BCUT2D eigenvalue weighted by Crippen LogP contribution is 2.21. The summed E-state index contributed by atoms with van der Waals surface area (Å²) < 4.78 is 5.30. The molecule has 1 aliphatic rings. The number of halogens is 1. The van der Waals surface area contributed by atoms with E-state index in [1.807, 2.05) is 42.5 Å². The number of carbonyl (C=O) groups excluding carboxylic acids is 2. The van der Waals surface area contributed by atoms with Crippen molar-refractivity contribution in [2.24, 2.45) is 5.92 Å². The van der Waals surface area contributed by atoms with Crippen LogP contribution in [0.2, 0.25) is 5.15 Å². The average Bonchev–Trinajstić information content (AvgIpc) is 2.84. The minimum atomic E-state index is -0.0252. The zero-order chi connectivity index (χ0) is 23.6. The van der Waals surface area contributed by atoms with E-state index in [4.69, 9.17) is 16.3 Å². The number of benzene rings is 2. The van der Waals surface area contributed by atoms with Crippen LogP contribution in [0.5, 0.6) is 0 Å². The fraction of sp³-hybridized carbons (Fsp3) is 0.346. The number of carbonyl (C=O) groups is 2. The summed E-state index contributed by atoms with van der Waals surface area (Å²) in [6.07, 6.45) is 3.16. The van der Waals surface area contributed by atoms with E-state index in [2.05, 4.69) is 22.5 Å².